The van der Waals surface area contributed by atoms with Crippen LogP contribution >= 0.6 is 0 Å². The van der Waals surface area contributed by atoms with E-state index < -0.39 is 34.9 Å². The lowest BCUT2D eigenvalue weighted by Crippen LogP contribution is -2.31. The van der Waals surface area contributed by atoms with Gasteiger partial charge in [0, 0.05) is 5.69 Å². The number of anilines is 2. The predicted octanol–water partition coefficient (Wildman–Crippen LogP) is 1.47. The minimum absolute atomic E-state index is 0.0282. The highest BCUT2D eigenvalue weighted by Crippen LogP contribution is 2.34. The van der Waals surface area contributed by atoms with Crippen molar-refractivity contribution >= 4 is 35.1 Å². The molecule has 1 aliphatic heterocycles. The molecule has 1 aliphatic rings. The van der Waals surface area contributed by atoms with E-state index in [1.165, 1.54) is 30.3 Å². The van der Waals surface area contributed by atoms with E-state index >= 15 is 0 Å². The van der Waals surface area contributed by atoms with Crippen LogP contribution in [0.2, 0.25) is 0 Å². The van der Waals surface area contributed by atoms with Crippen molar-refractivity contribution in [2.75, 3.05) is 10.6 Å². The first kappa shape index (κ1) is 15.2. The molecule has 0 fully saturated rings. The third-order valence-electron chi connectivity index (χ3n) is 3.67. The number of imide groups is 1. The van der Waals surface area contributed by atoms with Gasteiger partial charge in [-0.2, -0.15) is 0 Å². The average Bonchev–Trinajstić information content (AvgIpc) is 2.78. The number of carboxylic acids is 2. The van der Waals surface area contributed by atoms with Crippen LogP contribution in [0.1, 0.15) is 41.4 Å². The van der Waals surface area contributed by atoms with Gasteiger partial charge >= 0.3 is 11.9 Å². The first-order valence-corrected chi connectivity index (χ1v) is 6.71. The number of nitrogen functional groups attached to an aromatic ring is 1. The Morgan fingerprint density at radius 3 is 2.17 bits per heavy atom. The normalized spacial score (nSPS) is 13.1. The Kier molecular flexibility index (Phi) is 3.30. The van der Waals surface area contributed by atoms with E-state index in [0.29, 0.717) is 4.90 Å². The Bertz CT molecular complexity index is 934. The largest absolute Gasteiger partial charge is 0.478 e. The van der Waals surface area contributed by atoms with Gasteiger partial charge in [0.2, 0.25) is 0 Å². The topological polar surface area (TPSA) is 138 Å². The number of carbonyl (C=O) groups excluding carboxylic acids is 2. The quantitative estimate of drug-likeness (QED) is 0.573. The third kappa shape index (κ3) is 2.01. The summed E-state index contributed by atoms with van der Waals surface area (Å²) in [7, 11) is 0. The van der Waals surface area contributed by atoms with E-state index in [-0.39, 0.29) is 22.5 Å². The summed E-state index contributed by atoms with van der Waals surface area (Å²) in [5.41, 5.74) is 4.35. The van der Waals surface area contributed by atoms with Crippen LogP contribution in [0.4, 0.5) is 11.4 Å². The van der Waals surface area contributed by atoms with Crippen molar-refractivity contribution in [3.05, 3.63) is 58.7 Å². The molecule has 4 N–H and O–H groups in total. The van der Waals surface area contributed by atoms with Gasteiger partial charge in [-0.1, -0.05) is 12.1 Å². The number of fused-ring (bicyclic) bond motifs is 1. The molecule has 0 spiro atoms. The molecule has 3 rings (SSSR count). The second kappa shape index (κ2) is 5.20. The van der Waals surface area contributed by atoms with Crippen LogP contribution in [0.15, 0.2) is 36.4 Å². The molecule has 8 nitrogen and oxygen atoms in total. The number of nitrogens with two attached hydrogens (primary N) is 1. The van der Waals surface area contributed by atoms with Gasteiger partial charge < -0.3 is 15.9 Å². The molecular formula is C16H10N2O6. The maximum Gasteiger partial charge on any atom is 0.338 e. The highest BCUT2D eigenvalue weighted by atomic mass is 16.4. The molecule has 1 heterocycles. The number of carbonyl (C=O) groups is 4. The van der Waals surface area contributed by atoms with Gasteiger partial charge in [-0.25, -0.2) is 14.5 Å². The molecule has 0 atom stereocenters. The fourth-order valence-corrected chi connectivity index (χ4v) is 2.66. The molecule has 0 aromatic heterocycles. The van der Waals surface area contributed by atoms with Gasteiger partial charge in [0.15, 0.2) is 0 Å². The zero-order chi connectivity index (χ0) is 17.6. The molecule has 2 aromatic rings. The summed E-state index contributed by atoms with van der Waals surface area (Å²) >= 11 is 0. The Hall–Kier alpha value is -3.68. The third-order valence-corrected chi connectivity index (χ3v) is 3.67. The fourth-order valence-electron chi connectivity index (χ4n) is 2.66. The number of amides is 2. The number of benzene rings is 2. The Morgan fingerprint density at radius 2 is 1.58 bits per heavy atom. The van der Waals surface area contributed by atoms with E-state index in [0.717, 1.165) is 6.07 Å². The van der Waals surface area contributed by atoms with E-state index in [1.54, 1.807) is 0 Å². The van der Waals surface area contributed by atoms with Gasteiger partial charge in [0.05, 0.1) is 27.9 Å². The zero-order valence-corrected chi connectivity index (χ0v) is 12.0. The highest BCUT2D eigenvalue weighted by Gasteiger charge is 2.40. The number of aromatic carboxylic acids is 2. The van der Waals surface area contributed by atoms with Crippen LogP contribution in [-0.2, 0) is 0 Å². The molecule has 2 amide bonds. The summed E-state index contributed by atoms with van der Waals surface area (Å²) in [5, 5.41) is 18.5. The monoisotopic (exact) mass is 326 g/mol. The van der Waals surface area contributed by atoms with Crippen molar-refractivity contribution in [1.29, 1.82) is 0 Å². The second-order valence-corrected chi connectivity index (χ2v) is 5.03. The smallest absolute Gasteiger partial charge is 0.338 e. The van der Waals surface area contributed by atoms with Gasteiger partial charge in [-0.15, -0.1) is 0 Å². The Balaban J connectivity index is 2.26. The second-order valence-electron chi connectivity index (χ2n) is 5.03. The summed E-state index contributed by atoms with van der Waals surface area (Å²) in [6, 6.07) is 7.88. The molecule has 0 unspecified atom stereocenters. The summed E-state index contributed by atoms with van der Waals surface area (Å²) in [5.74, 6) is -4.59. The number of nitrogens with zero attached hydrogens (tertiary/aromatic N) is 1. The van der Waals surface area contributed by atoms with Crippen LogP contribution < -0.4 is 10.6 Å². The highest BCUT2D eigenvalue weighted by molar-refractivity contribution is 6.37. The van der Waals surface area contributed by atoms with Crippen molar-refractivity contribution in [2.45, 2.75) is 0 Å². The van der Waals surface area contributed by atoms with Crippen LogP contribution in [0.3, 0.4) is 0 Å². The summed E-state index contributed by atoms with van der Waals surface area (Å²) in [6.45, 7) is 0. The number of hydrogen-bond donors (Lipinski definition) is 3. The zero-order valence-electron chi connectivity index (χ0n) is 12.0. The summed E-state index contributed by atoms with van der Waals surface area (Å²) < 4.78 is 0. The van der Waals surface area contributed by atoms with Crippen molar-refractivity contribution in [1.82, 2.24) is 0 Å². The lowest BCUT2D eigenvalue weighted by molar-refractivity contribution is 0.0651. The first-order chi connectivity index (χ1) is 11.3. The number of carboxylic acid groups (broad SMARTS) is 2. The molecule has 2 aromatic carbocycles. The van der Waals surface area contributed by atoms with E-state index in [2.05, 4.69) is 0 Å². The molecule has 8 heteroatoms. The van der Waals surface area contributed by atoms with Crippen LogP contribution in [0.5, 0.6) is 0 Å². The molecule has 120 valence electrons. The molecule has 0 saturated carbocycles. The standard InChI is InChI=1S/C16H10N2O6/c17-9-5-1-3-7-11(9)14(20)18(13(7)19)10-6-2-4-8(15(21)22)12(10)16(23)24/h1-6H,17H2,(H,21,22)(H,23,24). The summed E-state index contributed by atoms with van der Waals surface area (Å²) in [4.78, 5) is 48.5. The molecule has 24 heavy (non-hydrogen) atoms. The fraction of sp³-hybridized carbons (Fsp3) is 0. The molecule has 0 bridgehead atoms. The van der Waals surface area contributed by atoms with Gasteiger partial charge in [0.1, 0.15) is 0 Å². The number of rotatable bonds is 3. The van der Waals surface area contributed by atoms with E-state index in [4.69, 9.17) is 10.8 Å². The van der Waals surface area contributed by atoms with Crippen molar-refractivity contribution in [2.24, 2.45) is 0 Å². The molecule has 0 radical (unpaired) electrons. The lowest BCUT2D eigenvalue weighted by Gasteiger charge is -2.17. The van der Waals surface area contributed by atoms with Crippen molar-refractivity contribution < 1.29 is 29.4 Å². The van der Waals surface area contributed by atoms with E-state index in [9.17, 15) is 24.3 Å². The van der Waals surface area contributed by atoms with Crippen molar-refractivity contribution in [3.63, 3.8) is 0 Å². The van der Waals surface area contributed by atoms with Crippen molar-refractivity contribution in [3.8, 4) is 0 Å². The van der Waals surface area contributed by atoms with Crippen LogP contribution in [0.25, 0.3) is 0 Å². The van der Waals surface area contributed by atoms with E-state index in [1.807, 2.05) is 0 Å². The van der Waals surface area contributed by atoms with Crippen LogP contribution in [-0.4, -0.2) is 34.0 Å². The van der Waals surface area contributed by atoms with Gasteiger partial charge in [0.25, 0.3) is 11.8 Å². The molecule has 0 saturated heterocycles. The average molecular weight is 326 g/mol. The molecule has 0 aliphatic carbocycles. The minimum Gasteiger partial charge on any atom is -0.478 e. The Morgan fingerprint density at radius 1 is 0.917 bits per heavy atom. The van der Waals surface area contributed by atoms with Crippen LogP contribution in [0, 0.1) is 0 Å². The number of hydrogen-bond acceptors (Lipinski definition) is 5. The van der Waals surface area contributed by atoms with Gasteiger partial charge in [-0.3, -0.25) is 9.59 Å². The predicted molar refractivity (Wildman–Crippen MR) is 82.4 cm³/mol. The Labute approximate surface area is 134 Å². The lowest BCUT2D eigenvalue weighted by atomic mass is 10.0. The maximum absolute atomic E-state index is 12.6. The van der Waals surface area contributed by atoms with Gasteiger partial charge in [-0.05, 0) is 24.3 Å². The minimum atomic E-state index is -1.56. The maximum atomic E-state index is 12.6. The first-order valence-electron chi connectivity index (χ1n) is 6.71. The summed E-state index contributed by atoms with van der Waals surface area (Å²) in [6.07, 6.45) is 0. The molecular weight excluding hydrogens is 316 g/mol. The SMILES string of the molecule is Nc1cccc2c1C(=O)N(c1cccc(C(=O)O)c1C(=O)O)C2=O.